The molecule has 4 amide bonds. The van der Waals surface area contributed by atoms with E-state index >= 15 is 0 Å². The second-order valence-electron chi connectivity index (χ2n) is 10.9. The van der Waals surface area contributed by atoms with Gasteiger partial charge in [0.25, 0.3) is 0 Å². The molecule has 13 nitrogen and oxygen atoms in total. The maximum atomic E-state index is 13.1. The predicted molar refractivity (Wildman–Crippen MR) is 162 cm³/mol. The Morgan fingerprint density at radius 1 is 0.955 bits per heavy atom. The number of nitrogens with two attached hydrogens (primary N) is 2. The molecule has 0 aliphatic heterocycles. The van der Waals surface area contributed by atoms with Gasteiger partial charge in [0.2, 0.25) is 11.8 Å². The fourth-order valence-corrected chi connectivity index (χ4v) is 4.35. The van der Waals surface area contributed by atoms with Crippen LogP contribution in [0.3, 0.4) is 0 Å². The predicted octanol–water partition coefficient (Wildman–Crippen LogP) is 3.46. The van der Waals surface area contributed by atoms with Gasteiger partial charge in [0, 0.05) is 19.0 Å². The number of benzene rings is 2. The normalized spacial score (nSPS) is 11.9. The summed E-state index contributed by atoms with van der Waals surface area (Å²) in [5.74, 6) is -6.41. The fraction of sp³-hybridized carbons (Fsp3) is 0.355. The molecular weight excluding hydrogens is 572 g/mol. The van der Waals surface area contributed by atoms with Crippen molar-refractivity contribution in [1.29, 1.82) is 0 Å². The van der Waals surface area contributed by atoms with Crippen LogP contribution in [0.4, 0.5) is 16.2 Å². The third kappa shape index (κ3) is 9.68. The molecule has 13 heteroatoms. The smallest absolute Gasteiger partial charge is 0.410 e. The monoisotopic (exact) mass is 610 g/mol. The second kappa shape index (κ2) is 15.3. The number of primary amides is 2. The lowest BCUT2D eigenvalue weighted by Crippen LogP contribution is -2.51. The Morgan fingerprint density at radius 3 is 2.16 bits per heavy atom. The van der Waals surface area contributed by atoms with Crippen LogP contribution < -0.4 is 16.4 Å². The van der Waals surface area contributed by atoms with Crippen molar-refractivity contribution in [1.82, 2.24) is 4.90 Å². The summed E-state index contributed by atoms with van der Waals surface area (Å²) in [4.78, 5) is 76.2. The molecule has 0 unspecified atom stereocenters. The fourth-order valence-electron chi connectivity index (χ4n) is 4.35. The van der Waals surface area contributed by atoms with E-state index < -0.39 is 47.4 Å². The Labute approximate surface area is 255 Å². The summed E-state index contributed by atoms with van der Waals surface area (Å²) in [7, 11) is 0. The molecule has 0 fully saturated rings. The van der Waals surface area contributed by atoms with Crippen molar-refractivity contribution in [3.05, 3.63) is 65.2 Å². The van der Waals surface area contributed by atoms with Crippen molar-refractivity contribution in [2.24, 2.45) is 11.5 Å². The first kappa shape index (κ1) is 35.0. The van der Waals surface area contributed by atoms with Gasteiger partial charge in [-0.1, -0.05) is 38.0 Å². The van der Waals surface area contributed by atoms with E-state index in [1.807, 2.05) is 6.92 Å². The first-order valence-electron chi connectivity index (χ1n) is 13.9. The van der Waals surface area contributed by atoms with Crippen molar-refractivity contribution in [3.8, 4) is 0 Å². The van der Waals surface area contributed by atoms with Gasteiger partial charge in [-0.2, -0.15) is 0 Å². The second-order valence-corrected chi connectivity index (χ2v) is 10.9. The van der Waals surface area contributed by atoms with Gasteiger partial charge in [0.1, 0.15) is 11.6 Å². The van der Waals surface area contributed by atoms with E-state index in [0.29, 0.717) is 16.9 Å². The number of anilines is 2. The number of nitrogens with zero attached hydrogens (tertiary/aromatic N) is 2. The number of carboxylic acid groups (broad SMARTS) is 2. The molecule has 0 saturated carbocycles. The highest BCUT2D eigenvalue weighted by atomic mass is 16.6. The van der Waals surface area contributed by atoms with Crippen molar-refractivity contribution < 1.29 is 43.7 Å². The Hall–Kier alpha value is -5.20. The van der Waals surface area contributed by atoms with Crippen molar-refractivity contribution >= 4 is 53.2 Å². The number of aliphatic carboxylic acids is 1. The summed E-state index contributed by atoms with van der Waals surface area (Å²) in [5.41, 5.74) is 10.0. The number of para-hydroxylation sites is 1. The molecule has 0 spiro atoms. The largest absolute Gasteiger partial charge is 0.478 e. The summed E-state index contributed by atoms with van der Waals surface area (Å²) in [5, 5.41) is 19.3. The number of carboxylic acids is 2. The van der Waals surface area contributed by atoms with Crippen LogP contribution in [0.2, 0.25) is 0 Å². The van der Waals surface area contributed by atoms with E-state index in [-0.39, 0.29) is 35.5 Å². The van der Waals surface area contributed by atoms with Crippen LogP contribution in [-0.2, 0) is 30.3 Å². The highest BCUT2D eigenvalue weighted by Crippen LogP contribution is 2.34. The molecule has 1 atom stereocenters. The van der Waals surface area contributed by atoms with E-state index in [1.54, 1.807) is 20.8 Å². The number of carbonyl (C=O) groups excluding carboxylic acids is 4. The van der Waals surface area contributed by atoms with Crippen LogP contribution in [0.5, 0.6) is 0 Å². The van der Waals surface area contributed by atoms with Gasteiger partial charge in [-0.3, -0.25) is 24.2 Å². The third-order valence-corrected chi connectivity index (χ3v) is 6.29. The number of ether oxygens (including phenoxy) is 1. The van der Waals surface area contributed by atoms with Crippen LogP contribution in [0.25, 0.3) is 6.08 Å². The molecule has 2 aromatic carbocycles. The molecule has 2 rings (SSSR count). The maximum absolute atomic E-state index is 13.1. The lowest BCUT2D eigenvalue weighted by molar-refractivity contribution is -0.148. The zero-order valence-corrected chi connectivity index (χ0v) is 25.1. The summed E-state index contributed by atoms with van der Waals surface area (Å²) >= 11 is 0. The number of hydrogen-bond donors (Lipinski definition) is 4. The minimum atomic E-state index is -1.87. The topological polar surface area (TPSA) is 211 Å². The highest BCUT2D eigenvalue weighted by Gasteiger charge is 2.33. The van der Waals surface area contributed by atoms with Gasteiger partial charge in [-0.15, -0.1) is 0 Å². The molecule has 236 valence electrons. The van der Waals surface area contributed by atoms with E-state index in [0.717, 1.165) is 18.9 Å². The van der Waals surface area contributed by atoms with E-state index in [1.165, 1.54) is 53.4 Å². The summed E-state index contributed by atoms with van der Waals surface area (Å²) in [6, 6.07) is 8.42. The Morgan fingerprint density at radius 2 is 1.61 bits per heavy atom. The molecule has 0 aliphatic rings. The number of hydrogen-bond acceptors (Lipinski definition) is 7. The summed E-state index contributed by atoms with van der Waals surface area (Å²) in [6.07, 6.45) is 3.59. The maximum Gasteiger partial charge on any atom is 0.410 e. The minimum Gasteiger partial charge on any atom is -0.478 e. The molecule has 0 heterocycles. The molecule has 0 saturated heterocycles. The molecule has 0 bridgehead atoms. The lowest BCUT2D eigenvalue weighted by Gasteiger charge is -2.32. The van der Waals surface area contributed by atoms with Crippen LogP contribution in [0, 0.1) is 0 Å². The standard InChI is InChI=1S/C31H38N4O9/c1-5-6-9-16-34(30(43)44-31(2,3)4)24(26(33)37)18-19-12-14-22(20(17-19)13-15-25(32)36)35(27(38)29(41)42)23-11-8-7-10-21(23)28(39)40/h7-8,10-15,17,24H,5-6,9,16,18H2,1-4H3,(H2,32,36)(H2,33,37)(H,39,40)(H,41,42)/b15-13+/t24-/m0/s1. The molecular formula is C31H38N4O9. The van der Waals surface area contributed by atoms with Gasteiger partial charge < -0.3 is 26.4 Å². The zero-order valence-electron chi connectivity index (χ0n) is 25.1. The van der Waals surface area contributed by atoms with Crippen molar-refractivity contribution in [3.63, 3.8) is 0 Å². The van der Waals surface area contributed by atoms with Crippen molar-refractivity contribution in [2.45, 2.75) is 65.0 Å². The molecule has 44 heavy (non-hydrogen) atoms. The summed E-state index contributed by atoms with van der Waals surface area (Å²) < 4.78 is 5.54. The SMILES string of the molecule is CCCCCN(C(=O)OC(C)(C)C)[C@@H](Cc1ccc(N(C(=O)C(=O)O)c2ccccc2C(=O)O)c(/C=C/C(N)=O)c1)C(N)=O. The van der Waals surface area contributed by atoms with Crippen molar-refractivity contribution in [2.75, 3.05) is 11.4 Å². The average molecular weight is 611 g/mol. The molecule has 0 radical (unpaired) electrons. The van der Waals surface area contributed by atoms with E-state index in [9.17, 15) is 39.0 Å². The number of aromatic carboxylic acids is 1. The van der Waals surface area contributed by atoms with E-state index in [4.69, 9.17) is 16.2 Å². The van der Waals surface area contributed by atoms with Crippen LogP contribution in [0.15, 0.2) is 48.5 Å². The Kier molecular flexibility index (Phi) is 12.2. The zero-order chi connectivity index (χ0) is 33.2. The average Bonchev–Trinajstić information content (AvgIpc) is 2.93. The van der Waals surface area contributed by atoms with Gasteiger partial charge in [-0.05, 0) is 68.7 Å². The van der Waals surface area contributed by atoms with Crippen LogP contribution in [-0.4, -0.2) is 69.1 Å². The summed E-state index contributed by atoms with van der Waals surface area (Å²) in [6.45, 7) is 7.25. The van der Waals surface area contributed by atoms with Gasteiger partial charge >= 0.3 is 23.9 Å². The lowest BCUT2D eigenvalue weighted by atomic mass is 9.99. The molecule has 6 N–H and O–H groups in total. The van der Waals surface area contributed by atoms with Crippen LogP contribution >= 0.6 is 0 Å². The number of carbonyl (C=O) groups is 6. The van der Waals surface area contributed by atoms with Gasteiger partial charge in [0.15, 0.2) is 0 Å². The van der Waals surface area contributed by atoms with Crippen LogP contribution in [0.1, 0.15) is 68.4 Å². The quantitative estimate of drug-likeness (QED) is 0.148. The van der Waals surface area contributed by atoms with Gasteiger partial charge in [0.05, 0.1) is 16.9 Å². The van der Waals surface area contributed by atoms with Gasteiger partial charge in [-0.25, -0.2) is 14.4 Å². The number of unbranched alkanes of at least 4 members (excludes halogenated alkanes) is 2. The molecule has 0 aliphatic carbocycles. The third-order valence-electron chi connectivity index (χ3n) is 6.29. The number of rotatable bonds is 13. The van der Waals surface area contributed by atoms with E-state index in [2.05, 4.69) is 0 Å². The Balaban J connectivity index is 2.72. The minimum absolute atomic E-state index is 0.0880. The molecule has 2 aromatic rings. The highest BCUT2D eigenvalue weighted by molar-refractivity contribution is 6.39. The number of amides is 4. The molecule has 0 aromatic heterocycles. The first-order chi connectivity index (χ1) is 20.6. The Bertz CT molecular complexity index is 1450. The first-order valence-corrected chi connectivity index (χ1v) is 13.9.